The summed E-state index contributed by atoms with van der Waals surface area (Å²) in [7, 11) is 0. The first-order valence-corrected chi connectivity index (χ1v) is 5.34. The Labute approximate surface area is 97.3 Å². The van der Waals surface area contributed by atoms with Crippen molar-refractivity contribution in [2.24, 2.45) is 0 Å². The molecule has 0 aliphatic carbocycles. The van der Waals surface area contributed by atoms with E-state index in [0.717, 1.165) is 18.2 Å². The van der Waals surface area contributed by atoms with E-state index >= 15 is 0 Å². The number of halogens is 2. The van der Waals surface area contributed by atoms with Crippen molar-refractivity contribution >= 4 is 5.78 Å². The third-order valence-electron chi connectivity index (χ3n) is 2.48. The number of ether oxygens (including phenoxy) is 2. The molecule has 1 fully saturated rings. The van der Waals surface area contributed by atoms with Gasteiger partial charge in [-0.25, -0.2) is 8.78 Å². The second kappa shape index (κ2) is 5.33. The predicted octanol–water partition coefficient (Wildman–Crippen LogP) is 1.84. The molecule has 1 heterocycles. The SMILES string of the molecule is O=C(Cc1cc(F)ccc1F)CC1OCCO1. The summed E-state index contributed by atoms with van der Waals surface area (Å²) in [4.78, 5) is 11.6. The number of ketones is 1. The molecule has 3 nitrogen and oxygen atoms in total. The molecule has 17 heavy (non-hydrogen) atoms. The van der Waals surface area contributed by atoms with E-state index in [1.165, 1.54) is 0 Å². The zero-order chi connectivity index (χ0) is 12.3. The molecule has 0 unspecified atom stereocenters. The molecule has 2 rings (SSSR count). The fraction of sp³-hybridized carbons (Fsp3) is 0.417. The van der Waals surface area contributed by atoms with E-state index in [2.05, 4.69) is 0 Å². The van der Waals surface area contributed by atoms with Gasteiger partial charge in [-0.05, 0) is 23.8 Å². The molecule has 92 valence electrons. The summed E-state index contributed by atoms with van der Waals surface area (Å²) in [5.41, 5.74) is 0.0630. The van der Waals surface area contributed by atoms with E-state index in [1.807, 2.05) is 0 Å². The maximum atomic E-state index is 13.3. The van der Waals surface area contributed by atoms with Crippen LogP contribution in [0.5, 0.6) is 0 Å². The highest BCUT2D eigenvalue weighted by Crippen LogP contribution is 2.14. The molecule has 1 aromatic rings. The summed E-state index contributed by atoms with van der Waals surface area (Å²) in [5.74, 6) is -1.36. The summed E-state index contributed by atoms with van der Waals surface area (Å²) >= 11 is 0. The fourth-order valence-electron chi connectivity index (χ4n) is 1.67. The van der Waals surface area contributed by atoms with Crippen LogP contribution < -0.4 is 0 Å². The maximum absolute atomic E-state index is 13.3. The van der Waals surface area contributed by atoms with Crippen LogP contribution in [0, 0.1) is 11.6 Å². The normalized spacial score (nSPS) is 16.4. The van der Waals surface area contributed by atoms with Crippen LogP contribution in [0.4, 0.5) is 8.78 Å². The molecule has 0 amide bonds. The summed E-state index contributed by atoms with van der Waals surface area (Å²) in [6.07, 6.45) is -0.623. The number of benzene rings is 1. The monoisotopic (exact) mass is 242 g/mol. The van der Waals surface area contributed by atoms with Crippen molar-refractivity contribution in [3.05, 3.63) is 35.4 Å². The Kier molecular flexibility index (Phi) is 3.81. The molecule has 5 heteroatoms. The number of hydrogen-bond donors (Lipinski definition) is 0. The van der Waals surface area contributed by atoms with Crippen LogP contribution in [0.25, 0.3) is 0 Å². The Morgan fingerprint density at radius 1 is 1.29 bits per heavy atom. The second-order valence-electron chi connectivity index (χ2n) is 3.83. The van der Waals surface area contributed by atoms with Gasteiger partial charge in [0.25, 0.3) is 0 Å². The van der Waals surface area contributed by atoms with Crippen molar-refractivity contribution < 1.29 is 23.0 Å². The van der Waals surface area contributed by atoms with Gasteiger partial charge in [-0.2, -0.15) is 0 Å². The molecule has 0 atom stereocenters. The van der Waals surface area contributed by atoms with Gasteiger partial charge in [0, 0.05) is 6.42 Å². The number of rotatable bonds is 4. The van der Waals surface area contributed by atoms with E-state index in [-0.39, 0.29) is 24.2 Å². The van der Waals surface area contributed by atoms with E-state index in [1.54, 1.807) is 0 Å². The largest absolute Gasteiger partial charge is 0.350 e. The van der Waals surface area contributed by atoms with Crippen LogP contribution in [0.2, 0.25) is 0 Å². The van der Waals surface area contributed by atoms with Crippen LogP contribution in [0.15, 0.2) is 18.2 Å². The standard InChI is InChI=1S/C12H12F2O3/c13-9-1-2-11(14)8(5-9)6-10(15)7-12-16-3-4-17-12/h1-2,5,12H,3-4,6-7H2. The van der Waals surface area contributed by atoms with E-state index in [4.69, 9.17) is 9.47 Å². The maximum Gasteiger partial charge on any atom is 0.164 e. The molecule has 1 aliphatic heterocycles. The topological polar surface area (TPSA) is 35.5 Å². The molecule has 0 N–H and O–H groups in total. The lowest BCUT2D eigenvalue weighted by atomic mass is 10.1. The summed E-state index contributed by atoms with van der Waals surface area (Å²) in [6, 6.07) is 3.07. The van der Waals surface area contributed by atoms with Gasteiger partial charge in [-0.15, -0.1) is 0 Å². The first-order valence-electron chi connectivity index (χ1n) is 5.34. The number of carbonyl (C=O) groups excluding carboxylic acids is 1. The quantitative estimate of drug-likeness (QED) is 0.808. The van der Waals surface area contributed by atoms with Crippen molar-refractivity contribution in [3.8, 4) is 0 Å². The van der Waals surface area contributed by atoms with Crippen molar-refractivity contribution in [1.29, 1.82) is 0 Å². The Morgan fingerprint density at radius 3 is 2.71 bits per heavy atom. The minimum atomic E-state index is -0.576. The van der Waals surface area contributed by atoms with Crippen LogP contribution in [-0.4, -0.2) is 25.3 Å². The van der Waals surface area contributed by atoms with Crippen molar-refractivity contribution in [3.63, 3.8) is 0 Å². The molecular formula is C12H12F2O3. The van der Waals surface area contributed by atoms with Gasteiger partial charge in [0.15, 0.2) is 6.29 Å². The molecular weight excluding hydrogens is 230 g/mol. The zero-order valence-corrected chi connectivity index (χ0v) is 9.12. The third-order valence-corrected chi connectivity index (χ3v) is 2.48. The van der Waals surface area contributed by atoms with Gasteiger partial charge in [-0.3, -0.25) is 4.79 Å². The number of hydrogen-bond acceptors (Lipinski definition) is 3. The van der Waals surface area contributed by atoms with Gasteiger partial charge < -0.3 is 9.47 Å². The second-order valence-corrected chi connectivity index (χ2v) is 3.83. The molecule has 0 spiro atoms. The molecule has 0 aromatic heterocycles. The van der Waals surface area contributed by atoms with Crippen molar-refractivity contribution in [2.75, 3.05) is 13.2 Å². The third kappa shape index (κ3) is 3.31. The van der Waals surface area contributed by atoms with Crippen LogP contribution in [-0.2, 0) is 20.7 Å². The summed E-state index contributed by atoms with van der Waals surface area (Å²) < 4.78 is 36.3. The zero-order valence-electron chi connectivity index (χ0n) is 9.12. The van der Waals surface area contributed by atoms with Crippen LogP contribution >= 0.6 is 0 Å². The van der Waals surface area contributed by atoms with Crippen LogP contribution in [0.3, 0.4) is 0 Å². The molecule has 0 radical (unpaired) electrons. The van der Waals surface area contributed by atoms with Crippen LogP contribution in [0.1, 0.15) is 12.0 Å². The highest BCUT2D eigenvalue weighted by molar-refractivity contribution is 5.81. The average molecular weight is 242 g/mol. The molecule has 0 bridgehead atoms. The van der Waals surface area contributed by atoms with E-state index in [9.17, 15) is 13.6 Å². The first-order chi connectivity index (χ1) is 8.15. The minimum absolute atomic E-state index is 0.0630. The van der Waals surface area contributed by atoms with Gasteiger partial charge in [0.1, 0.15) is 17.4 Å². The van der Waals surface area contributed by atoms with Gasteiger partial charge in [0.05, 0.1) is 19.6 Å². The van der Waals surface area contributed by atoms with Gasteiger partial charge in [0.2, 0.25) is 0 Å². The van der Waals surface area contributed by atoms with Gasteiger partial charge >= 0.3 is 0 Å². The Bertz CT molecular complexity index is 414. The fourth-order valence-corrected chi connectivity index (χ4v) is 1.67. The minimum Gasteiger partial charge on any atom is -0.350 e. The van der Waals surface area contributed by atoms with Crippen molar-refractivity contribution in [2.45, 2.75) is 19.1 Å². The Hall–Kier alpha value is -1.33. The number of Topliss-reactive ketones (excluding diaryl/α,β-unsaturated/α-hetero) is 1. The number of carbonyl (C=O) groups is 1. The predicted molar refractivity (Wildman–Crippen MR) is 55.4 cm³/mol. The Morgan fingerprint density at radius 2 is 2.00 bits per heavy atom. The lowest BCUT2D eigenvalue weighted by molar-refractivity contribution is -0.126. The summed E-state index contributed by atoms with van der Waals surface area (Å²) in [5, 5.41) is 0. The van der Waals surface area contributed by atoms with Crippen molar-refractivity contribution in [1.82, 2.24) is 0 Å². The molecule has 1 aliphatic rings. The molecule has 1 aromatic carbocycles. The summed E-state index contributed by atoms with van der Waals surface area (Å²) in [6.45, 7) is 0.929. The highest BCUT2D eigenvalue weighted by Gasteiger charge is 2.20. The molecule has 0 saturated carbocycles. The molecule has 1 saturated heterocycles. The lowest BCUT2D eigenvalue weighted by Gasteiger charge is -2.08. The smallest absolute Gasteiger partial charge is 0.164 e. The lowest BCUT2D eigenvalue weighted by Crippen LogP contribution is -2.16. The van der Waals surface area contributed by atoms with E-state index in [0.29, 0.717) is 13.2 Å². The van der Waals surface area contributed by atoms with E-state index < -0.39 is 17.9 Å². The first kappa shape index (κ1) is 12.1. The average Bonchev–Trinajstić information content (AvgIpc) is 2.76. The van der Waals surface area contributed by atoms with Gasteiger partial charge in [-0.1, -0.05) is 0 Å². The highest BCUT2D eigenvalue weighted by atomic mass is 19.1. The Balaban J connectivity index is 1.95.